The summed E-state index contributed by atoms with van der Waals surface area (Å²) in [5, 5.41) is 0. The van der Waals surface area contributed by atoms with Crippen LogP contribution in [0.25, 0.3) is 0 Å². The highest BCUT2D eigenvalue weighted by molar-refractivity contribution is 5.98. The third-order valence-electron chi connectivity index (χ3n) is 2.04. The van der Waals surface area contributed by atoms with Crippen LogP contribution in [0.15, 0.2) is 42.2 Å². The van der Waals surface area contributed by atoms with Crippen LogP contribution in [-0.4, -0.2) is 12.4 Å². The van der Waals surface area contributed by atoms with Gasteiger partial charge in [0.2, 0.25) is 0 Å². The maximum absolute atomic E-state index is 11.2. The van der Waals surface area contributed by atoms with Crippen LogP contribution in [0.1, 0.15) is 5.56 Å². The quantitative estimate of drug-likeness (QED) is 0.682. The summed E-state index contributed by atoms with van der Waals surface area (Å²) in [7, 11) is 0. The molecule has 0 amide bonds. The molecule has 13 heavy (non-hydrogen) atoms. The fourth-order valence-electron chi connectivity index (χ4n) is 1.33. The molecule has 1 aliphatic heterocycles. The van der Waals surface area contributed by atoms with Crippen molar-refractivity contribution in [3.05, 3.63) is 47.7 Å². The standard InChI is InChI=1S/C11H10O2/c12-11-8-13-7-10(11)6-9-4-2-1-3-5-9/h1-5,7H,6,8H2. The molecule has 0 spiro atoms. The van der Waals surface area contributed by atoms with Crippen molar-refractivity contribution in [3.63, 3.8) is 0 Å². The highest BCUT2D eigenvalue weighted by Crippen LogP contribution is 2.13. The van der Waals surface area contributed by atoms with E-state index in [1.165, 1.54) is 0 Å². The van der Waals surface area contributed by atoms with Gasteiger partial charge in [0.1, 0.15) is 6.61 Å². The minimum absolute atomic E-state index is 0.101. The third kappa shape index (κ3) is 1.78. The van der Waals surface area contributed by atoms with Crippen molar-refractivity contribution in [2.24, 2.45) is 0 Å². The van der Waals surface area contributed by atoms with Gasteiger partial charge >= 0.3 is 0 Å². The van der Waals surface area contributed by atoms with E-state index in [0.29, 0.717) is 6.42 Å². The lowest BCUT2D eigenvalue weighted by Gasteiger charge is -1.98. The zero-order valence-electron chi connectivity index (χ0n) is 7.19. The van der Waals surface area contributed by atoms with E-state index in [4.69, 9.17) is 4.74 Å². The minimum Gasteiger partial charge on any atom is -0.493 e. The molecule has 1 heterocycles. The third-order valence-corrected chi connectivity index (χ3v) is 2.04. The average Bonchev–Trinajstić information content (AvgIpc) is 2.54. The summed E-state index contributed by atoms with van der Waals surface area (Å²) < 4.78 is 4.93. The average molecular weight is 174 g/mol. The molecule has 1 aromatic rings. The number of benzene rings is 1. The zero-order chi connectivity index (χ0) is 9.10. The fourth-order valence-corrected chi connectivity index (χ4v) is 1.33. The maximum atomic E-state index is 11.2. The minimum atomic E-state index is 0.101. The van der Waals surface area contributed by atoms with Gasteiger partial charge in [0.15, 0.2) is 5.78 Å². The van der Waals surface area contributed by atoms with Crippen LogP contribution in [0.3, 0.4) is 0 Å². The molecule has 2 nitrogen and oxygen atoms in total. The molecule has 2 heteroatoms. The predicted molar refractivity (Wildman–Crippen MR) is 49.2 cm³/mol. The van der Waals surface area contributed by atoms with Crippen molar-refractivity contribution in [2.75, 3.05) is 6.61 Å². The van der Waals surface area contributed by atoms with Crippen molar-refractivity contribution >= 4 is 5.78 Å². The van der Waals surface area contributed by atoms with E-state index < -0.39 is 0 Å². The van der Waals surface area contributed by atoms with Gasteiger partial charge in [-0.15, -0.1) is 0 Å². The molecule has 0 aliphatic carbocycles. The SMILES string of the molecule is O=C1COC=C1Cc1ccccc1. The summed E-state index contributed by atoms with van der Waals surface area (Å²) in [4.78, 5) is 11.2. The van der Waals surface area contributed by atoms with Gasteiger partial charge in [0.25, 0.3) is 0 Å². The molecule has 1 aliphatic rings. The summed E-state index contributed by atoms with van der Waals surface area (Å²) in [5.41, 5.74) is 1.92. The second-order valence-corrected chi connectivity index (χ2v) is 3.04. The Morgan fingerprint density at radius 3 is 2.62 bits per heavy atom. The second kappa shape index (κ2) is 3.44. The molecule has 0 N–H and O–H groups in total. The van der Waals surface area contributed by atoms with Gasteiger partial charge in [-0.25, -0.2) is 0 Å². The Bertz CT molecular complexity index is 338. The summed E-state index contributed by atoms with van der Waals surface area (Å²) in [6, 6.07) is 9.91. The monoisotopic (exact) mass is 174 g/mol. The highest BCUT2D eigenvalue weighted by atomic mass is 16.5. The largest absolute Gasteiger partial charge is 0.493 e. The van der Waals surface area contributed by atoms with Crippen LogP contribution in [0.2, 0.25) is 0 Å². The number of carbonyl (C=O) groups excluding carboxylic acids is 1. The van der Waals surface area contributed by atoms with E-state index in [1.54, 1.807) is 6.26 Å². The van der Waals surface area contributed by atoms with E-state index in [-0.39, 0.29) is 12.4 Å². The normalized spacial score (nSPS) is 15.4. The van der Waals surface area contributed by atoms with Gasteiger partial charge < -0.3 is 4.74 Å². The van der Waals surface area contributed by atoms with Gasteiger partial charge in [0, 0.05) is 12.0 Å². The molecule has 0 aromatic heterocycles. The van der Waals surface area contributed by atoms with Crippen LogP contribution >= 0.6 is 0 Å². The first-order chi connectivity index (χ1) is 6.36. The number of ketones is 1. The summed E-state index contributed by atoms with van der Waals surface area (Å²) in [6.45, 7) is 0.210. The zero-order valence-corrected chi connectivity index (χ0v) is 7.19. The van der Waals surface area contributed by atoms with Crippen molar-refractivity contribution in [3.8, 4) is 0 Å². The Morgan fingerprint density at radius 2 is 2.00 bits per heavy atom. The van der Waals surface area contributed by atoms with E-state index in [0.717, 1.165) is 11.1 Å². The molecule has 0 saturated carbocycles. The number of hydrogen-bond acceptors (Lipinski definition) is 2. The van der Waals surface area contributed by atoms with Gasteiger partial charge in [0.05, 0.1) is 6.26 Å². The van der Waals surface area contributed by atoms with Crippen LogP contribution < -0.4 is 0 Å². The Balaban J connectivity index is 2.11. The number of Topliss-reactive ketones (excluding diaryl/α,β-unsaturated/α-hetero) is 1. The van der Waals surface area contributed by atoms with Crippen molar-refractivity contribution in [2.45, 2.75) is 6.42 Å². The Morgan fingerprint density at radius 1 is 1.23 bits per heavy atom. The molecule has 0 radical (unpaired) electrons. The molecule has 0 saturated heterocycles. The first-order valence-electron chi connectivity index (χ1n) is 4.24. The molecule has 0 bridgehead atoms. The topological polar surface area (TPSA) is 26.3 Å². The molecule has 1 aromatic carbocycles. The van der Waals surface area contributed by atoms with Crippen LogP contribution in [-0.2, 0) is 16.0 Å². The van der Waals surface area contributed by atoms with Crippen LogP contribution in [0.4, 0.5) is 0 Å². The molecule has 66 valence electrons. The summed E-state index contributed by atoms with van der Waals surface area (Å²) in [5.74, 6) is 0.101. The number of hydrogen-bond donors (Lipinski definition) is 0. The predicted octanol–water partition coefficient (Wildman–Crippen LogP) is 1.71. The Hall–Kier alpha value is -1.57. The summed E-state index contributed by atoms with van der Waals surface area (Å²) >= 11 is 0. The Kier molecular flexibility index (Phi) is 2.13. The Labute approximate surface area is 76.8 Å². The first kappa shape index (κ1) is 8.05. The van der Waals surface area contributed by atoms with Crippen LogP contribution in [0, 0.1) is 0 Å². The summed E-state index contributed by atoms with van der Waals surface area (Å²) in [6.07, 6.45) is 2.25. The van der Waals surface area contributed by atoms with E-state index in [2.05, 4.69) is 0 Å². The van der Waals surface area contributed by atoms with Crippen LogP contribution in [0.5, 0.6) is 0 Å². The highest BCUT2D eigenvalue weighted by Gasteiger charge is 2.16. The molecular weight excluding hydrogens is 164 g/mol. The number of ether oxygens (including phenoxy) is 1. The van der Waals surface area contributed by atoms with Gasteiger partial charge in [-0.1, -0.05) is 30.3 Å². The lowest BCUT2D eigenvalue weighted by Crippen LogP contribution is -2.03. The molecule has 0 unspecified atom stereocenters. The lowest BCUT2D eigenvalue weighted by atomic mass is 10.0. The van der Waals surface area contributed by atoms with Gasteiger partial charge in [-0.05, 0) is 5.56 Å². The van der Waals surface area contributed by atoms with Crippen molar-refractivity contribution < 1.29 is 9.53 Å². The van der Waals surface area contributed by atoms with E-state index >= 15 is 0 Å². The molecular formula is C11H10O2. The lowest BCUT2D eigenvalue weighted by molar-refractivity contribution is -0.116. The first-order valence-corrected chi connectivity index (χ1v) is 4.24. The smallest absolute Gasteiger partial charge is 0.199 e. The maximum Gasteiger partial charge on any atom is 0.199 e. The van der Waals surface area contributed by atoms with Crippen molar-refractivity contribution in [1.29, 1.82) is 0 Å². The van der Waals surface area contributed by atoms with Crippen molar-refractivity contribution in [1.82, 2.24) is 0 Å². The van der Waals surface area contributed by atoms with Gasteiger partial charge in [-0.2, -0.15) is 0 Å². The molecule has 0 fully saturated rings. The number of rotatable bonds is 2. The fraction of sp³-hybridized carbons (Fsp3) is 0.182. The second-order valence-electron chi connectivity index (χ2n) is 3.04. The van der Waals surface area contributed by atoms with Gasteiger partial charge in [-0.3, -0.25) is 4.79 Å². The molecule has 0 atom stereocenters. The van der Waals surface area contributed by atoms with E-state index in [1.807, 2.05) is 30.3 Å². The van der Waals surface area contributed by atoms with E-state index in [9.17, 15) is 4.79 Å². The number of carbonyl (C=O) groups is 1. The molecule has 2 rings (SSSR count).